The van der Waals surface area contributed by atoms with Gasteiger partial charge in [-0.05, 0) is 25.2 Å². The van der Waals surface area contributed by atoms with Crippen molar-refractivity contribution in [3.05, 3.63) is 59.2 Å². The Morgan fingerprint density at radius 3 is 3.00 bits per heavy atom. The number of hydrogen-bond acceptors (Lipinski definition) is 5. The Balaban J connectivity index is 1.61. The zero-order chi connectivity index (χ0) is 17.6. The number of nitrogens with zero attached hydrogens (tertiary/aromatic N) is 2. The molecule has 0 spiro atoms. The van der Waals surface area contributed by atoms with E-state index in [0.717, 1.165) is 11.3 Å². The molecule has 1 amide bonds. The van der Waals surface area contributed by atoms with Crippen LogP contribution in [0.25, 0.3) is 11.3 Å². The van der Waals surface area contributed by atoms with E-state index in [9.17, 15) is 9.59 Å². The molecule has 1 fully saturated rings. The van der Waals surface area contributed by atoms with E-state index in [-0.39, 0.29) is 17.5 Å². The second-order valence-corrected chi connectivity index (χ2v) is 5.89. The van der Waals surface area contributed by atoms with Crippen LogP contribution in [0.4, 0.5) is 5.69 Å². The fraction of sp³-hybridized carbons (Fsp3) is 0.278. The number of anilines is 1. The van der Waals surface area contributed by atoms with Gasteiger partial charge in [-0.1, -0.05) is 12.1 Å². The Bertz CT molecular complexity index is 810. The summed E-state index contributed by atoms with van der Waals surface area (Å²) in [5, 5.41) is 6.16. The maximum atomic E-state index is 12.0. The first kappa shape index (κ1) is 16.9. The van der Waals surface area contributed by atoms with Crippen molar-refractivity contribution < 1.29 is 4.79 Å². The normalized spacial score (nSPS) is 14.5. The van der Waals surface area contributed by atoms with E-state index in [1.807, 2.05) is 25.2 Å². The highest BCUT2D eigenvalue weighted by molar-refractivity contribution is 5.88. The number of aromatic amines is 1. The lowest BCUT2D eigenvalue weighted by molar-refractivity contribution is -0.129. The summed E-state index contributed by atoms with van der Waals surface area (Å²) in [6.45, 7) is 1.82. The molecule has 3 N–H and O–H groups in total. The molecular weight excluding hydrogens is 318 g/mol. The van der Waals surface area contributed by atoms with Gasteiger partial charge in [0.1, 0.15) is 5.69 Å². The van der Waals surface area contributed by atoms with Gasteiger partial charge in [-0.2, -0.15) is 0 Å². The number of likely N-dealkylation sites (tertiary alicyclic amines) is 1. The van der Waals surface area contributed by atoms with E-state index in [1.165, 1.54) is 0 Å². The van der Waals surface area contributed by atoms with Gasteiger partial charge in [-0.3, -0.25) is 14.6 Å². The average molecular weight is 339 g/mol. The minimum Gasteiger partial charge on any atom is -0.374 e. The number of rotatable bonds is 6. The van der Waals surface area contributed by atoms with Crippen molar-refractivity contribution in [1.29, 1.82) is 0 Å². The molecule has 0 bridgehead atoms. The zero-order valence-electron chi connectivity index (χ0n) is 14.0. The van der Waals surface area contributed by atoms with Gasteiger partial charge in [0.2, 0.25) is 5.91 Å². The summed E-state index contributed by atoms with van der Waals surface area (Å²) in [6, 6.07) is 7.50. The van der Waals surface area contributed by atoms with Crippen molar-refractivity contribution in [3.8, 4) is 11.3 Å². The summed E-state index contributed by atoms with van der Waals surface area (Å²) in [5.41, 5.74) is 1.94. The van der Waals surface area contributed by atoms with Crippen molar-refractivity contribution in [3.63, 3.8) is 0 Å². The van der Waals surface area contributed by atoms with Crippen LogP contribution in [-0.4, -0.2) is 53.5 Å². The largest absolute Gasteiger partial charge is 0.374 e. The molecule has 25 heavy (non-hydrogen) atoms. The van der Waals surface area contributed by atoms with Crippen LogP contribution in [0.3, 0.4) is 0 Å². The summed E-state index contributed by atoms with van der Waals surface area (Å²) in [4.78, 5) is 32.7. The standard InChI is InChI=1S/C18H21N5O2/c1-19-7-4-6-17(24)23-11-14(12-23)22-16-9-13(10-21-18(16)25)15-5-2-3-8-20-15/h2-6,8-10,14,19,22H,7,11-12H2,1H3,(H,21,25)/b6-4+. The third-order valence-corrected chi connectivity index (χ3v) is 4.00. The molecule has 3 rings (SSSR count). The van der Waals surface area contributed by atoms with Crippen LogP contribution in [-0.2, 0) is 4.79 Å². The molecule has 0 saturated carbocycles. The number of nitrogens with one attached hydrogen (secondary N) is 3. The van der Waals surface area contributed by atoms with Crippen LogP contribution in [0.5, 0.6) is 0 Å². The minimum absolute atomic E-state index is 0.00977. The maximum Gasteiger partial charge on any atom is 0.271 e. The van der Waals surface area contributed by atoms with Crippen molar-refractivity contribution in [1.82, 2.24) is 20.2 Å². The Labute approximate surface area is 145 Å². The van der Waals surface area contributed by atoms with Gasteiger partial charge in [-0.25, -0.2) is 0 Å². The Morgan fingerprint density at radius 1 is 1.44 bits per heavy atom. The number of pyridine rings is 2. The number of aromatic nitrogens is 2. The molecule has 0 atom stereocenters. The summed E-state index contributed by atoms with van der Waals surface area (Å²) in [6.07, 6.45) is 6.73. The Morgan fingerprint density at radius 2 is 2.28 bits per heavy atom. The highest BCUT2D eigenvalue weighted by atomic mass is 16.2. The predicted octanol–water partition coefficient (Wildman–Crippen LogP) is 0.835. The third kappa shape index (κ3) is 4.13. The van der Waals surface area contributed by atoms with Gasteiger partial charge in [0, 0.05) is 43.7 Å². The molecule has 2 aromatic heterocycles. The fourth-order valence-corrected chi connectivity index (χ4v) is 2.63. The van der Waals surface area contributed by atoms with E-state index in [4.69, 9.17) is 0 Å². The first-order valence-corrected chi connectivity index (χ1v) is 8.18. The second kappa shape index (κ2) is 7.76. The van der Waals surface area contributed by atoms with E-state index >= 15 is 0 Å². The third-order valence-electron chi connectivity index (χ3n) is 4.00. The molecule has 7 heteroatoms. The van der Waals surface area contributed by atoms with Crippen molar-refractivity contribution in [2.24, 2.45) is 0 Å². The SMILES string of the molecule is CNC/C=C/C(=O)N1CC(Nc2cc(-c3ccccn3)c[nH]c2=O)C1. The van der Waals surface area contributed by atoms with Gasteiger partial charge in [0.15, 0.2) is 0 Å². The summed E-state index contributed by atoms with van der Waals surface area (Å²) < 4.78 is 0. The quantitative estimate of drug-likeness (QED) is 0.679. The molecule has 0 aromatic carbocycles. The summed E-state index contributed by atoms with van der Waals surface area (Å²) in [7, 11) is 1.83. The predicted molar refractivity (Wildman–Crippen MR) is 97.4 cm³/mol. The van der Waals surface area contributed by atoms with Gasteiger partial charge in [0.25, 0.3) is 5.56 Å². The monoisotopic (exact) mass is 339 g/mol. The molecule has 0 radical (unpaired) electrons. The molecule has 1 aliphatic rings. The molecule has 130 valence electrons. The van der Waals surface area contributed by atoms with Crippen LogP contribution >= 0.6 is 0 Å². The van der Waals surface area contributed by atoms with E-state index in [2.05, 4.69) is 20.6 Å². The first-order valence-electron chi connectivity index (χ1n) is 8.18. The van der Waals surface area contributed by atoms with Gasteiger partial charge in [-0.15, -0.1) is 0 Å². The number of carbonyl (C=O) groups excluding carboxylic acids is 1. The van der Waals surface area contributed by atoms with Crippen LogP contribution < -0.4 is 16.2 Å². The van der Waals surface area contributed by atoms with Crippen LogP contribution in [0.1, 0.15) is 0 Å². The Hall–Kier alpha value is -2.93. The molecule has 1 saturated heterocycles. The van der Waals surface area contributed by atoms with Gasteiger partial charge < -0.3 is 20.5 Å². The van der Waals surface area contributed by atoms with E-state index in [1.54, 1.807) is 35.5 Å². The molecule has 0 unspecified atom stereocenters. The van der Waals surface area contributed by atoms with Crippen LogP contribution in [0.15, 0.2) is 53.6 Å². The zero-order valence-corrected chi connectivity index (χ0v) is 14.0. The number of amides is 1. The lowest BCUT2D eigenvalue weighted by Gasteiger charge is -2.39. The molecular formula is C18H21N5O2. The maximum absolute atomic E-state index is 12.0. The summed E-state index contributed by atoms with van der Waals surface area (Å²) in [5.74, 6) is -0.00977. The first-order chi connectivity index (χ1) is 12.2. The molecule has 1 aliphatic heterocycles. The highest BCUT2D eigenvalue weighted by Crippen LogP contribution is 2.19. The number of likely N-dealkylation sites (N-methyl/N-ethyl adjacent to an activating group) is 1. The molecule has 7 nitrogen and oxygen atoms in total. The van der Waals surface area contributed by atoms with Crippen molar-refractivity contribution >= 4 is 11.6 Å². The van der Waals surface area contributed by atoms with Gasteiger partial charge in [0.05, 0.1) is 11.7 Å². The molecule has 2 aromatic rings. The topological polar surface area (TPSA) is 90.1 Å². The molecule has 3 heterocycles. The number of hydrogen-bond donors (Lipinski definition) is 3. The number of H-pyrrole nitrogens is 1. The lowest BCUT2D eigenvalue weighted by Crippen LogP contribution is -2.57. The highest BCUT2D eigenvalue weighted by Gasteiger charge is 2.29. The smallest absolute Gasteiger partial charge is 0.271 e. The minimum atomic E-state index is -0.182. The number of carbonyl (C=O) groups is 1. The van der Waals surface area contributed by atoms with E-state index < -0.39 is 0 Å². The lowest BCUT2D eigenvalue weighted by atomic mass is 10.1. The van der Waals surface area contributed by atoms with Gasteiger partial charge >= 0.3 is 0 Å². The second-order valence-electron chi connectivity index (χ2n) is 5.89. The van der Waals surface area contributed by atoms with Crippen LogP contribution in [0, 0.1) is 0 Å². The fourth-order valence-electron chi connectivity index (χ4n) is 2.63. The van der Waals surface area contributed by atoms with Crippen LogP contribution in [0.2, 0.25) is 0 Å². The Kier molecular flexibility index (Phi) is 5.25. The summed E-state index contributed by atoms with van der Waals surface area (Å²) >= 11 is 0. The molecule has 0 aliphatic carbocycles. The van der Waals surface area contributed by atoms with Crippen molar-refractivity contribution in [2.45, 2.75) is 6.04 Å². The average Bonchev–Trinajstić information content (AvgIpc) is 2.60. The van der Waals surface area contributed by atoms with Crippen molar-refractivity contribution in [2.75, 3.05) is 32.0 Å². The van der Waals surface area contributed by atoms with E-state index in [0.29, 0.717) is 25.3 Å².